The van der Waals surface area contributed by atoms with Crippen molar-refractivity contribution in [2.45, 2.75) is 26.4 Å². The molecule has 62 valence electrons. The van der Waals surface area contributed by atoms with E-state index in [0.717, 1.165) is 13.1 Å². The Bertz CT molecular complexity index is 75.7. The molecular weight excluding hydrogens is 126 g/mol. The SMILES string of the molecule is CCCN(C)C[C@H](C)OC. The molecule has 0 fully saturated rings. The fourth-order valence-corrected chi connectivity index (χ4v) is 0.986. The van der Waals surface area contributed by atoms with Crippen LogP contribution in [-0.2, 0) is 4.74 Å². The minimum Gasteiger partial charge on any atom is -0.380 e. The quantitative estimate of drug-likeness (QED) is 0.579. The summed E-state index contributed by atoms with van der Waals surface area (Å²) < 4.78 is 5.13. The second-order valence-electron chi connectivity index (χ2n) is 2.81. The molecule has 0 rings (SSSR count). The number of methoxy groups -OCH3 is 1. The van der Waals surface area contributed by atoms with Crippen LogP contribution in [0.1, 0.15) is 20.3 Å². The van der Waals surface area contributed by atoms with E-state index in [1.807, 2.05) is 0 Å². The highest BCUT2D eigenvalue weighted by Crippen LogP contribution is 1.92. The highest BCUT2D eigenvalue weighted by molar-refractivity contribution is 4.55. The standard InChI is InChI=1S/C8H19NO/c1-5-6-9(3)7-8(2)10-4/h8H,5-7H2,1-4H3/t8-/m0/s1. The van der Waals surface area contributed by atoms with Gasteiger partial charge in [0.2, 0.25) is 0 Å². The Kier molecular flexibility index (Phi) is 5.64. The minimum absolute atomic E-state index is 0.358. The zero-order chi connectivity index (χ0) is 7.98. The highest BCUT2D eigenvalue weighted by atomic mass is 16.5. The van der Waals surface area contributed by atoms with Crippen molar-refractivity contribution in [3.05, 3.63) is 0 Å². The maximum absolute atomic E-state index is 5.13. The summed E-state index contributed by atoms with van der Waals surface area (Å²) in [5.41, 5.74) is 0. The molecule has 2 nitrogen and oxygen atoms in total. The van der Waals surface area contributed by atoms with Gasteiger partial charge in [0, 0.05) is 13.7 Å². The van der Waals surface area contributed by atoms with Gasteiger partial charge in [-0.15, -0.1) is 0 Å². The predicted molar refractivity (Wildman–Crippen MR) is 44.3 cm³/mol. The monoisotopic (exact) mass is 145 g/mol. The Morgan fingerprint density at radius 2 is 2.10 bits per heavy atom. The van der Waals surface area contributed by atoms with Crippen LogP contribution in [0.4, 0.5) is 0 Å². The molecule has 0 bridgehead atoms. The maximum atomic E-state index is 5.13. The number of ether oxygens (including phenoxy) is 1. The lowest BCUT2D eigenvalue weighted by Crippen LogP contribution is -2.28. The summed E-state index contributed by atoms with van der Waals surface area (Å²) >= 11 is 0. The van der Waals surface area contributed by atoms with Crippen molar-refractivity contribution < 1.29 is 4.74 Å². The molecule has 0 aliphatic rings. The fourth-order valence-electron chi connectivity index (χ4n) is 0.986. The van der Waals surface area contributed by atoms with Crippen LogP contribution in [0.25, 0.3) is 0 Å². The summed E-state index contributed by atoms with van der Waals surface area (Å²) in [6.45, 7) is 6.47. The van der Waals surface area contributed by atoms with Crippen molar-refractivity contribution in [1.29, 1.82) is 0 Å². The van der Waals surface area contributed by atoms with E-state index >= 15 is 0 Å². The van der Waals surface area contributed by atoms with Crippen LogP contribution in [0.3, 0.4) is 0 Å². The van der Waals surface area contributed by atoms with Crippen LogP contribution < -0.4 is 0 Å². The Hall–Kier alpha value is -0.0800. The molecule has 2 heteroatoms. The van der Waals surface area contributed by atoms with Crippen molar-refractivity contribution in [1.82, 2.24) is 4.90 Å². The number of nitrogens with zero attached hydrogens (tertiary/aromatic N) is 1. The molecular formula is C8H19NO. The summed E-state index contributed by atoms with van der Waals surface area (Å²) in [7, 11) is 3.88. The lowest BCUT2D eigenvalue weighted by atomic mass is 10.3. The van der Waals surface area contributed by atoms with Crippen molar-refractivity contribution in [2.75, 3.05) is 27.2 Å². The molecule has 0 heterocycles. The Labute approximate surface area is 64.2 Å². The smallest absolute Gasteiger partial charge is 0.0669 e. The lowest BCUT2D eigenvalue weighted by Gasteiger charge is -2.19. The Morgan fingerprint density at radius 3 is 2.50 bits per heavy atom. The first-order chi connectivity index (χ1) is 4.70. The van der Waals surface area contributed by atoms with Crippen molar-refractivity contribution in [3.63, 3.8) is 0 Å². The summed E-state index contributed by atoms with van der Waals surface area (Å²) in [4.78, 5) is 2.29. The van der Waals surface area contributed by atoms with Gasteiger partial charge in [-0.3, -0.25) is 0 Å². The summed E-state index contributed by atoms with van der Waals surface area (Å²) in [6, 6.07) is 0. The van der Waals surface area contributed by atoms with E-state index in [9.17, 15) is 0 Å². The molecule has 0 amide bonds. The molecule has 0 aliphatic carbocycles. The lowest BCUT2D eigenvalue weighted by molar-refractivity contribution is 0.0858. The third-order valence-corrected chi connectivity index (χ3v) is 1.58. The first kappa shape index (κ1) is 9.92. The molecule has 10 heavy (non-hydrogen) atoms. The van der Waals surface area contributed by atoms with Gasteiger partial charge < -0.3 is 9.64 Å². The molecule has 0 N–H and O–H groups in total. The largest absolute Gasteiger partial charge is 0.380 e. The molecule has 0 aromatic carbocycles. The zero-order valence-electron chi connectivity index (χ0n) is 7.55. The van der Waals surface area contributed by atoms with Gasteiger partial charge in [-0.25, -0.2) is 0 Å². The number of rotatable bonds is 5. The van der Waals surface area contributed by atoms with E-state index in [4.69, 9.17) is 4.74 Å². The third kappa shape index (κ3) is 4.77. The second kappa shape index (κ2) is 5.69. The normalized spacial score (nSPS) is 14.1. The highest BCUT2D eigenvalue weighted by Gasteiger charge is 2.02. The van der Waals surface area contributed by atoms with E-state index in [1.165, 1.54) is 6.42 Å². The topological polar surface area (TPSA) is 12.5 Å². The predicted octanol–water partition coefficient (Wildman–Crippen LogP) is 1.36. The van der Waals surface area contributed by atoms with Gasteiger partial charge in [-0.2, -0.15) is 0 Å². The molecule has 0 aliphatic heterocycles. The first-order valence-electron chi connectivity index (χ1n) is 3.92. The van der Waals surface area contributed by atoms with E-state index in [2.05, 4.69) is 25.8 Å². The molecule has 0 aromatic heterocycles. The number of hydrogen-bond acceptors (Lipinski definition) is 2. The van der Waals surface area contributed by atoms with Gasteiger partial charge in [-0.1, -0.05) is 6.92 Å². The second-order valence-corrected chi connectivity index (χ2v) is 2.81. The Balaban J connectivity index is 3.27. The van der Waals surface area contributed by atoms with Crippen LogP contribution in [0.15, 0.2) is 0 Å². The average Bonchev–Trinajstić information content (AvgIpc) is 1.88. The minimum atomic E-state index is 0.358. The molecule has 0 spiro atoms. The van der Waals surface area contributed by atoms with Gasteiger partial charge in [0.15, 0.2) is 0 Å². The molecule has 0 aromatic rings. The van der Waals surface area contributed by atoms with Crippen LogP contribution in [-0.4, -0.2) is 38.3 Å². The molecule has 0 radical (unpaired) electrons. The van der Waals surface area contributed by atoms with Crippen LogP contribution >= 0.6 is 0 Å². The average molecular weight is 145 g/mol. The van der Waals surface area contributed by atoms with E-state index < -0.39 is 0 Å². The zero-order valence-corrected chi connectivity index (χ0v) is 7.55. The van der Waals surface area contributed by atoms with E-state index in [-0.39, 0.29) is 0 Å². The molecule has 0 unspecified atom stereocenters. The van der Waals surface area contributed by atoms with Crippen molar-refractivity contribution >= 4 is 0 Å². The number of likely N-dealkylation sites (N-methyl/N-ethyl adjacent to an activating group) is 1. The van der Waals surface area contributed by atoms with Gasteiger partial charge in [0.1, 0.15) is 0 Å². The van der Waals surface area contributed by atoms with E-state index in [0.29, 0.717) is 6.10 Å². The van der Waals surface area contributed by atoms with Crippen LogP contribution in [0.2, 0.25) is 0 Å². The Morgan fingerprint density at radius 1 is 1.50 bits per heavy atom. The summed E-state index contributed by atoms with van der Waals surface area (Å²) in [6.07, 6.45) is 1.57. The molecule has 1 atom stereocenters. The summed E-state index contributed by atoms with van der Waals surface area (Å²) in [5, 5.41) is 0. The number of hydrogen-bond donors (Lipinski definition) is 0. The maximum Gasteiger partial charge on any atom is 0.0669 e. The third-order valence-electron chi connectivity index (χ3n) is 1.58. The van der Waals surface area contributed by atoms with Gasteiger partial charge in [0.05, 0.1) is 6.10 Å². The molecule has 0 saturated heterocycles. The summed E-state index contributed by atoms with van der Waals surface area (Å²) in [5.74, 6) is 0. The first-order valence-corrected chi connectivity index (χ1v) is 3.92. The van der Waals surface area contributed by atoms with Crippen molar-refractivity contribution in [3.8, 4) is 0 Å². The van der Waals surface area contributed by atoms with Gasteiger partial charge in [0.25, 0.3) is 0 Å². The molecule has 0 saturated carbocycles. The van der Waals surface area contributed by atoms with Crippen LogP contribution in [0.5, 0.6) is 0 Å². The fraction of sp³-hybridized carbons (Fsp3) is 1.00. The van der Waals surface area contributed by atoms with E-state index in [1.54, 1.807) is 7.11 Å². The van der Waals surface area contributed by atoms with Gasteiger partial charge in [-0.05, 0) is 26.9 Å². The van der Waals surface area contributed by atoms with Crippen molar-refractivity contribution in [2.24, 2.45) is 0 Å². The van der Waals surface area contributed by atoms with Crippen LogP contribution in [0, 0.1) is 0 Å². The van der Waals surface area contributed by atoms with Gasteiger partial charge >= 0.3 is 0 Å².